The van der Waals surface area contributed by atoms with Crippen LogP contribution >= 0.6 is 15.9 Å². The van der Waals surface area contributed by atoms with Crippen molar-refractivity contribution in [1.82, 2.24) is 15.2 Å². The average molecular weight is 503 g/mol. The molecule has 0 spiro atoms. The highest BCUT2D eigenvalue weighted by atomic mass is 79.9. The van der Waals surface area contributed by atoms with E-state index >= 15 is 0 Å². The van der Waals surface area contributed by atoms with Gasteiger partial charge in [-0.3, -0.25) is 4.79 Å². The lowest BCUT2D eigenvalue weighted by atomic mass is 10.1. The summed E-state index contributed by atoms with van der Waals surface area (Å²) in [5, 5.41) is 8.96. The average Bonchev–Trinajstić information content (AvgIpc) is 3.28. The van der Waals surface area contributed by atoms with Gasteiger partial charge in [0.2, 0.25) is 0 Å². The molecular formula is C26H23BrN4O2. The maximum absolute atomic E-state index is 12.5. The predicted octanol–water partition coefficient (Wildman–Crippen LogP) is 5.85. The van der Waals surface area contributed by atoms with Crippen molar-refractivity contribution in [2.45, 2.75) is 13.3 Å². The third kappa shape index (κ3) is 5.56. The summed E-state index contributed by atoms with van der Waals surface area (Å²) in [6.45, 7) is 2.75. The van der Waals surface area contributed by atoms with E-state index in [0.29, 0.717) is 16.6 Å². The Hall–Kier alpha value is -3.71. The Morgan fingerprint density at radius 2 is 1.79 bits per heavy atom. The minimum absolute atomic E-state index is 0.298. The van der Waals surface area contributed by atoms with E-state index in [9.17, 15) is 4.79 Å². The molecule has 0 fully saturated rings. The molecule has 0 aliphatic heterocycles. The van der Waals surface area contributed by atoms with Crippen molar-refractivity contribution in [2.24, 2.45) is 5.10 Å². The first-order chi connectivity index (χ1) is 16.2. The van der Waals surface area contributed by atoms with Crippen molar-refractivity contribution in [3.8, 4) is 22.7 Å². The van der Waals surface area contributed by atoms with E-state index in [1.807, 2.05) is 72.9 Å². The van der Waals surface area contributed by atoms with Crippen LogP contribution in [0.3, 0.4) is 0 Å². The molecule has 0 saturated heterocycles. The Morgan fingerprint density at radius 3 is 2.52 bits per heavy atom. The summed E-state index contributed by atoms with van der Waals surface area (Å²) >= 11 is 3.39. The van der Waals surface area contributed by atoms with E-state index in [1.54, 1.807) is 23.0 Å². The molecule has 1 aromatic heterocycles. The third-order valence-corrected chi connectivity index (χ3v) is 5.54. The van der Waals surface area contributed by atoms with Crippen LogP contribution in [0.15, 0.2) is 94.6 Å². The van der Waals surface area contributed by atoms with Crippen LogP contribution in [0, 0.1) is 0 Å². The van der Waals surface area contributed by atoms with E-state index in [1.165, 1.54) is 0 Å². The van der Waals surface area contributed by atoms with Crippen LogP contribution in [-0.4, -0.2) is 28.5 Å². The normalized spacial score (nSPS) is 11.0. The van der Waals surface area contributed by atoms with Crippen molar-refractivity contribution in [3.63, 3.8) is 0 Å². The zero-order valence-electron chi connectivity index (χ0n) is 18.1. The highest BCUT2D eigenvalue weighted by Gasteiger charge is 2.12. The van der Waals surface area contributed by atoms with Crippen molar-refractivity contribution >= 4 is 28.1 Å². The number of ether oxygens (including phenoxy) is 1. The van der Waals surface area contributed by atoms with Gasteiger partial charge in [0.1, 0.15) is 11.4 Å². The number of hydrogen-bond donors (Lipinski definition) is 1. The summed E-state index contributed by atoms with van der Waals surface area (Å²) in [6, 6.07) is 24.9. The molecule has 0 saturated carbocycles. The molecule has 4 aromatic rings. The third-order valence-electron chi connectivity index (χ3n) is 4.85. The molecular weight excluding hydrogens is 480 g/mol. The van der Waals surface area contributed by atoms with E-state index in [0.717, 1.165) is 34.7 Å². The first-order valence-corrected chi connectivity index (χ1v) is 11.4. The molecule has 166 valence electrons. The molecule has 0 aliphatic rings. The lowest BCUT2D eigenvalue weighted by Crippen LogP contribution is -2.18. The molecule has 1 N–H and O–H groups in total. The Kier molecular flexibility index (Phi) is 7.32. The van der Waals surface area contributed by atoms with Gasteiger partial charge in [0.15, 0.2) is 0 Å². The number of hydrazone groups is 1. The number of hydrogen-bond acceptors (Lipinski definition) is 4. The molecule has 1 amide bonds. The van der Waals surface area contributed by atoms with Crippen molar-refractivity contribution < 1.29 is 9.53 Å². The fourth-order valence-electron chi connectivity index (χ4n) is 3.21. The lowest BCUT2D eigenvalue weighted by molar-refractivity contribution is 0.0954. The Morgan fingerprint density at radius 1 is 1.06 bits per heavy atom. The number of halogens is 1. The van der Waals surface area contributed by atoms with Gasteiger partial charge in [-0.05, 0) is 70.9 Å². The number of benzene rings is 3. The van der Waals surface area contributed by atoms with Crippen LogP contribution in [0.2, 0.25) is 0 Å². The quantitative estimate of drug-likeness (QED) is 0.242. The van der Waals surface area contributed by atoms with Crippen LogP contribution < -0.4 is 10.2 Å². The first kappa shape index (κ1) is 22.5. The van der Waals surface area contributed by atoms with E-state index in [-0.39, 0.29) is 5.91 Å². The zero-order chi connectivity index (χ0) is 23.0. The minimum atomic E-state index is -0.298. The number of para-hydroxylation sites is 1. The van der Waals surface area contributed by atoms with Gasteiger partial charge in [-0.2, -0.15) is 10.2 Å². The van der Waals surface area contributed by atoms with E-state index in [2.05, 4.69) is 33.4 Å². The van der Waals surface area contributed by atoms with Gasteiger partial charge in [-0.25, -0.2) is 10.1 Å². The number of nitrogens with zero attached hydrogens (tertiary/aromatic N) is 3. The molecule has 4 rings (SSSR count). The van der Waals surface area contributed by atoms with Crippen LogP contribution in [0.25, 0.3) is 16.9 Å². The molecule has 33 heavy (non-hydrogen) atoms. The second-order valence-corrected chi connectivity index (χ2v) is 8.12. The Bertz CT molecular complexity index is 1250. The standard InChI is InChI=1S/C26H23BrN4O2/c1-2-16-33-22-14-12-19(13-15-22)25-20(18-31(30-25)21-8-4-3-5-9-21)17-28-29-26(32)23-10-6-7-11-24(23)27/h3-15,17-18H,2,16H2,1H3,(H,29,32). The maximum Gasteiger partial charge on any atom is 0.272 e. The molecule has 0 bridgehead atoms. The molecule has 0 unspecified atom stereocenters. The van der Waals surface area contributed by atoms with Crippen LogP contribution in [-0.2, 0) is 0 Å². The van der Waals surface area contributed by atoms with Gasteiger partial charge in [-0.15, -0.1) is 0 Å². The SMILES string of the molecule is CCCOc1ccc(-c2nn(-c3ccccc3)cc2C=NNC(=O)c2ccccc2Br)cc1. The first-order valence-electron chi connectivity index (χ1n) is 10.6. The number of carbonyl (C=O) groups excluding carboxylic acids is 1. The molecule has 1 heterocycles. The Balaban J connectivity index is 1.62. The Labute approximate surface area is 201 Å². The number of aromatic nitrogens is 2. The molecule has 3 aromatic carbocycles. The lowest BCUT2D eigenvalue weighted by Gasteiger charge is -2.05. The van der Waals surface area contributed by atoms with Gasteiger partial charge < -0.3 is 4.74 Å². The highest BCUT2D eigenvalue weighted by Crippen LogP contribution is 2.25. The van der Waals surface area contributed by atoms with Crippen LogP contribution in [0.1, 0.15) is 29.3 Å². The molecule has 0 aliphatic carbocycles. The number of nitrogens with one attached hydrogen (secondary N) is 1. The number of amides is 1. The molecule has 0 atom stereocenters. The summed E-state index contributed by atoms with van der Waals surface area (Å²) in [5.41, 5.74) is 6.48. The van der Waals surface area contributed by atoms with Crippen LogP contribution in [0.5, 0.6) is 5.75 Å². The summed E-state index contributed by atoms with van der Waals surface area (Å²) in [7, 11) is 0. The minimum Gasteiger partial charge on any atom is -0.494 e. The number of carbonyl (C=O) groups is 1. The monoisotopic (exact) mass is 502 g/mol. The predicted molar refractivity (Wildman–Crippen MR) is 134 cm³/mol. The number of rotatable bonds is 8. The van der Waals surface area contributed by atoms with Crippen molar-refractivity contribution in [1.29, 1.82) is 0 Å². The fourth-order valence-corrected chi connectivity index (χ4v) is 3.68. The zero-order valence-corrected chi connectivity index (χ0v) is 19.7. The summed E-state index contributed by atoms with van der Waals surface area (Å²) in [5.74, 6) is 0.521. The van der Waals surface area contributed by atoms with Gasteiger partial charge in [-0.1, -0.05) is 37.3 Å². The van der Waals surface area contributed by atoms with Gasteiger partial charge in [0, 0.05) is 21.8 Å². The second kappa shape index (κ2) is 10.7. The topological polar surface area (TPSA) is 68.5 Å². The van der Waals surface area contributed by atoms with Gasteiger partial charge in [0.25, 0.3) is 5.91 Å². The van der Waals surface area contributed by atoms with Gasteiger partial charge in [0.05, 0.1) is 24.1 Å². The second-order valence-electron chi connectivity index (χ2n) is 7.26. The van der Waals surface area contributed by atoms with E-state index in [4.69, 9.17) is 9.84 Å². The van der Waals surface area contributed by atoms with Gasteiger partial charge >= 0.3 is 0 Å². The molecule has 0 radical (unpaired) electrons. The fraction of sp³-hybridized carbons (Fsp3) is 0.115. The highest BCUT2D eigenvalue weighted by molar-refractivity contribution is 9.10. The van der Waals surface area contributed by atoms with Crippen LogP contribution in [0.4, 0.5) is 0 Å². The molecule has 6 nitrogen and oxygen atoms in total. The van der Waals surface area contributed by atoms with E-state index < -0.39 is 0 Å². The van der Waals surface area contributed by atoms with Crippen molar-refractivity contribution in [3.05, 3.63) is 101 Å². The maximum atomic E-state index is 12.5. The smallest absolute Gasteiger partial charge is 0.272 e. The molecule has 7 heteroatoms. The largest absolute Gasteiger partial charge is 0.494 e. The summed E-state index contributed by atoms with van der Waals surface area (Å²) in [6.07, 6.45) is 4.45. The summed E-state index contributed by atoms with van der Waals surface area (Å²) in [4.78, 5) is 12.5. The summed E-state index contributed by atoms with van der Waals surface area (Å²) < 4.78 is 8.20. The van der Waals surface area contributed by atoms with Crippen molar-refractivity contribution in [2.75, 3.05) is 6.61 Å².